The lowest BCUT2D eigenvalue weighted by Gasteiger charge is -2.31. The highest BCUT2D eigenvalue weighted by molar-refractivity contribution is 5.16. The van der Waals surface area contributed by atoms with Crippen molar-refractivity contribution in [3.8, 4) is 11.8 Å². The molecule has 1 aromatic heterocycles. The van der Waals surface area contributed by atoms with E-state index in [9.17, 15) is 0 Å². The van der Waals surface area contributed by atoms with Gasteiger partial charge in [0.2, 0.25) is 11.8 Å². The number of likely N-dealkylation sites (tertiary alicyclic amines) is 1. The quantitative estimate of drug-likeness (QED) is 0.867. The molecule has 1 aliphatic heterocycles. The molecule has 106 valence electrons. The van der Waals surface area contributed by atoms with Crippen LogP contribution in [-0.4, -0.2) is 53.0 Å². The minimum Gasteiger partial charge on any atom is -0.480 e. The SMILES string of the molecule is COc1ccc(OC2CN(C(C)(C)C)CC2N)nn1. The number of nitrogens with two attached hydrogens (primary N) is 1. The van der Waals surface area contributed by atoms with Gasteiger partial charge in [-0.3, -0.25) is 4.90 Å². The summed E-state index contributed by atoms with van der Waals surface area (Å²) in [5.74, 6) is 0.955. The Balaban J connectivity index is 1.99. The molecule has 0 spiro atoms. The van der Waals surface area contributed by atoms with Crippen molar-refractivity contribution in [2.24, 2.45) is 5.73 Å². The smallest absolute Gasteiger partial charge is 0.234 e. The molecule has 6 heteroatoms. The van der Waals surface area contributed by atoms with E-state index >= 15 is 0 Å². The van der Waals surface area contributed by atoms with Crippen molar-refractivity contribution in [2.45, 2.75) is 38.5 Å². The first-order valence-corrected chi connectivity index (χ1v) is 6.45. The van der Waals surface area contributed by atoms with E-state index in [2.05, 4.69) is 35.9 Å². The Morgan fingerprint density at radius 3 is 2.32 bits per heavy atom. The van der Waals surface area contributed by atoms with Crippen molar-refractivity contribution in [2.75, 3.05) is 20.2 Å². The molecule has 0 aromatic carbocycles. The average molecular weight is 266 g/mol. The van der Waals surface area contributed by atoms with Crippen LogP contribution in [0.5, 0.6) is 11.8 Å². The van der Waals surface area contributed by atoms with Gasteiger partial charge in [-0.2, -0.15) is 0 Å². The predicted molar refractivity (Wildman–Crippen MR) is 72.3 cm³/mol. The van der Waals surface area contributed by atoms with Gasteiger partial charge in [0, 0.05) is 30.8 Å². The van der Waals surface area contributed by atoms with E-state index in [1.807, 2.05) is 0 Å². The van der Waals surface area contributed by atoms with Gasteiger partial charge >= 0.3 is 0 Å². The monoisotopic (exact) mass is 266 g/mol. The molecule has 2 atom stereocenters. The molecule has 0 bridgehead atoms. The molecule has 6 nitrogen and oxygen atoms in total. The largest absolute Gasteiger partial charge is 0.480 e. The molecular weight excluding hydrogens is 244 g/mol. The summed E-state index contributed by atoms with van der Waals surface area (Å²) in [5.41, 5.74) is 6.23. The van der Waals surface area contributed by atoms with Gasteiger partial charge in [0.1, 0.15) is 6.10 Å². The fraction of sp³-hybridized carbons (Fsp3) is 0.692. The zero-order valence-corrected chi connectivity index (χ0v) is 12.0. The first kappa shape index (κ1) is 14.0. The molecule has 1 aliphatic rings. The minimum atomic E-state index is -0.0538. The Hall–Kier alpha value is -1.40. The summed E-state index contributed by atoms with van der Waals surface area (Å²) in [6, 6.07) is 3.46. The van der Waals surface area contributed by atoms with Gasteiger partial charge in [0.25, 0.3) is 0 Å². The summed E-state index contributed by atoms with van der Waals surface area (Å²) >= 11 is 0. The molecule has 2 N–H and O–H groups in total. The minimum absolute atomic E-state index is 0.0110. The third-order valence-corrected chi connectivity index (χ3v) is 3.35. The van der Waals surface area contributed by atoms with E-state index in [1.165, 1.54) is 0 Å². The molecular formula is C13H22N4O2. The van der Waals surface area contributed by atoms with Gasteiger partial charge in [-0.15, -0.1) is 10.2 Å². The molecule has 2 rings (SSSR count). The number of ether oxygens (including phenoxy) is 2. The Morgan fingerprint density at radius 1 is 1.21 bits per heavy atom. The molecule has 0 radical (unpaired) electrons. The van der Waals surface area contributed by atoms with Gasteiger partial charge < -0.3 is 15.2 Å². The van der Waals surface area contributed by atoms with Crippen molar-refractivity contribution in [3.05, 3.63) is 12.1 Å². The normalized spacial score (nSPS) is 24.5. The molecule has 0 aliphatic carbocycles. The Labute approximate surface area is 113 Å². The third-order valence-electron chi connectivity index (χ3n) is 3.35. The van der Waals surface area contributed by atoms with Crippen LogP contribution in [0, 0.1) is 0 Å². The summed E-state index contributed by atoms with van der Waals surface area (Å²) in [7, 11) is 1.55. The average Bonchev–Trinajstić information content (AvgIpc) is 2.72. The molecule has 19 heavy (non-hydrogen) atoms. The Bertz CT molecular complexity index is 416. The summed E-state index contributed by atoms with van der Waals surface area (Å²) < 4.78 is 10.8. The van der Waals surface area contributed by atoms with E-state index in [0.717, 1.165) is 13.1 Å². The number of aromatic nitrogens is 2. The number of nitrogens with zero attached hydrogens (tertiary/aromatic N) is 3. The lowest BCUT2D eigenvalue weighted by atomic mass is 10.1. The number of rotatable bonds is 3. The number of hydrogen-bond donors (Lipinski definition) is 1. The van der Waals surface area contributed by atoms with E-state index in [4.69, 9.17) is 15.2 Å². The number of methoxy groups -OCH3 is 1. The fourth-order valence-electron chi connectivity index (χ4n) is 2.11. The maximum Gasteiger partial charge on any atom is 0.234 e. The lowest BCUT2D eigenvalue weighted by Crippen LogP contribution is -2.40. The maximum absolute atomic E-state index is 6.13. The van der Waals surface area contributed by atoms with Crippen molar-refractivity contribution < 1.29 is 9.47 Å². The highest BCUT2D eigenvalue weighted by Gasteiger charge is 2.37. The molecule has 0 amide bonds. The highest BCUT2D eigenvalue weighted by atomic mass is 16.5. The van der Waals surface area contributed by atoms with Gasteiger partial charge in [-0.25, -0.2) is 0 Å². The van der Waals surface area contributed by atoms with Crippen molar-refractivity contribution in [1.29, 1.82) is 0 Å². The van der Waals surface area contributed by atoms with E-state index < -0.39 is 0 Å². The molecule has 2 unspecified atom stereocenters. The first-order chi connectivity index (χ1) is 8.90. The highest BCUT2D eigenvalue weighted by Crippen LogP contribution is 2.23. The lowest BCUT2D eigenvalue weighted by molar-refractivity contribution is 0.136. The standard InChI is InChI=1S/C13H22N4O2/c1-13(2,3)17-7-9(14)10(8-17)19-12-6-5-11(18-4)15-16-12/h5-6,9-10H,7-8,14H2,1-4H3. The second kappa shape index (κ2) is 5.30. The predicted octanol–water partition coefficient (Wildman–Crippen LogP) is 0.674. The zero-order chi connectivity index (χ0) is 14.0. The van der Waals surface area contributed by atoms with Gasteiger partial charge in [0.15, 0.2) is 0 Å². The first-order valence-electron chi connectivity index (χ1n) is 6.45. The van der Waals surface area contributed by atoms with Crippen molar-refractivity contribution in [1.82, 2.24) is 15.1 Å². The van der Waals surface area contributed by atoms with Crippen LogP contribution in [0.4, 0.5) is 0 Å². The van der Waals surface area contributed by atoms with Gasteiger partial charge in [0.05, 0.1) is 13.2 Å². The van der Waals surface area contributed by atoms with Crippen LogP contribution in [0.3, 0.4) is 0 Å². The van der Waals surface area contributed by atoms with Crippen LogP contribution in [0.1, 0.15) is 20.8 Å². The van der Waals surface area contributed by atoms with Crippen LogP contribution in [0.2, 0.25) is 0 Å². The fourth-order valence-corrected chi connectivity index (χ4v) is 2.11. The molecule has 1 fully saturated rings. The molecule has 0 saturated carbocycles. The molecule has 1 aromatic rings. The molecule has 1 saturated heterocycles. The van der Waals surface area contributed by atoms with Gasteiger partial charge in [-0.05, 0) is 20.8 Å². The summed E-state index contributed by atoms with van der Waals surface area (Å²) in [6.07, 6.45) is -0.0538. The van der Waals surface area contributed by atoms with Crippen LogP contribution in [0.25, 0.3) is 0 Å². The van der Waals surface area contributed by atoms with Crippen LogP contribution in [-0.2, 0) is 0 Å². The Kier molecular flexibility index (Phi) is 3.91. The van der Waals surface area contributed by atoms with Crippen LogP contribution in [0.15, 0.2) is 12.1 Å². The Morgan fingerprint density at radius 2 is 1.84 bits per heavy atom. The van der Waals surface area contributed by atoms with Crippen molar-refractivity contribution >= 4 is 0 Å². The van der Waals surface area contributed by atoms with E-state index in [0.29, 0.717) is 11.8 Å². The van der Waals surface area contributed by atoms with Crippen LogP contribution >= 0.6 is 0 Å². The van der Waals surface area contributed by atoms with Gasteiger partial charge in [-0.1, -0.05) is 0 Å². The summed E-state index contributed by atoms with van der Waals surface area (Å²) in [6.45, 7) is 8.16. The van der Waals surface area contributed by atoms with Crippen LogP contribution < -0.4 is 15.2 Å². The number of hydrogen-bond acceptors (Lipinski definition) is 6. The van der Waals surface area contributed by atoms with E-state index in [-0.39, 0.29) is 17.7 Å². The summed E-state index contributed by atoms with van der Waals surface area (Å²) in [4.78, 5) is 2.32. The molecule has 2 heterocycles. The summed E-state index contributed by atoms with van der Waals surface area (Å²) in [5, 5.41) is 7.84. The topological polar surface area (TPSA) is 73.5 Å². The van der Waals surface area contributed by atoms with Crippen molar-refractivity contribution in [3.63, 3.8) is 0 Å². The second-order valence-corrected chi connectivity index (χ2v) is 5.81. The van der Waals surface area contributed by atoms with E-state index in [1.54, 1.807) is 19.2 Å². The zero-order valence-electron chi connectivity index (χ0n) is 12.0. The second-order valence-electron chi connectivity index (χ2n) is 5.81. The maximum atomic E-state index is 6.13. The third kappa shape index (κ3) is 3.33.